The summed E-state index contributed by atoms with van der Waals surface area (Å²) in [4.78, 5) is 38.3. The third-order valence-corrected chi connectivity index (χ3v) is 13.8. The standard InChI is InChI=1S/C75H122O6/c1-4-7-10-13-16-19-22-25-28-30-31-32-33-34-35-36-37-38-39-40-41-42-43-44-45-46-48-50-53-56-59-62-65-68-74(77)80-71-72(70-79-73(76)67-64-61-58-55-52-49-27-24-21-18-15-12-9-6-3)81-75(78)69-66-63-60-57-54-51-47-29-26-23-20-17-14-11-8-5-2/h7,10,16,19-20,23,25,28-29,31-32,34-35,37-38,40-41,43-44,46-48,53,56,72H,4-6,8-9,11-15,17-18,21-22,24,26-27,30,33,36,39,42,45,49-52,54-55,57-71H2,1-3H3/b10-7-,19-16-,23-20-,28-25-,32-31-,35-34-,38-37-,41-40-,44-43-,47-29-,48-46-,56-53-. The highest BCUT2D eigenvalue weighted by Gasteiger charge is 2.19. The summed E-state index contributed by atoms with van der Waals surface area (Å²) in [7, 11) is 0. The molecule has 0 radical (unpaired) electrons. The largest absolute Gasteiger partial charge is 0.462 e. The zero-order valence-corrected chi connectivity index (χ0v) is 52.5. The second-order valence-electron chi connectivity index (χ2n) is 21.6. The van der Waals surface area contributed by atoms with Crippen molar-refractivity contribution in [1.29, 1.82) is 0 Å². The van der Waals surface area contributed by atoms with E-state index in [0.29, 0.717) is 25.7 Å². The van der Waals surface area contributed by atoms with Gasteiger partial charge in [0.1, 0.15) is 13.2 Å². The third-order valence-electron chi connectivity index (χ3n) is 13.8. The normalized spacial score (nSPS) is 13.1. The van der Waals surface area contributed by atoms with E-state index in [4.69, 9.17) is 14.2 Å². The second-order valence-corrected chi connectivity index (χ2v) is 21.6. The number of unbranched alkanes of at least 4 members (excludes halogenated alkanes) is 24. The summed E-state index contributed by atoms with van der Waals surface area (Å²) in [6.07, 6.45) is 97.1. The van der Waals surface area contributed by atoms with Gasteiger partial charge in [-0.2, -0.15) is 0 Å². The molecule has 458 valence electrons. The van der Waals surface area contributed by atoms with E-state index in [9.17, 15) is 14.4 Å². The van der Waals surface area contributed by atoms with Crippen LogP contribution >= 0.6 is 0 Å². The van der Waals surface area contributed by atoms with Crippen LogP contribution in [0.15, 0.2) is 146 Å². The lowest BCUT2D eigenvalue weighted by Gasteiger charge is -2.18. The highest BCUT2D eigenvalue weighted by molar-refractivity contribution is 5.71. The molecule has 1 unspecified atom stereocenters. The van der Waals surface area contributed by atoms with E-state index in [0.717, 1.165) is 141 Å². The molecule has 0 aliphatic carbocycles. The first-order chi connectivity index (χ1) is 40.0. The van der Waals surface area contributed by atoms with Crippen LogP contribution in [0.1, 0.15) is 290 Å². The van der Waals surface area contributed by atoms with E-state index in [1.54, 1.807) is 0 Å². The lowest BCUT2D eigenvalue weighted by Crippen LogP contribution is -2.30. The van der Waals surface area contributed by atoms with Gasteiger partial charge in [-0.15, -0.1) is 0 Å². The van der Waals surface area contributed by atoms with Gasteiger partial charge in [-0.3, -0.25) is 14.4 Å². The van der Waals surface area contributed by atoms with E-state index in [1.165, 1.54) is 103 Å². The number of ether oxygens (including phenoxy) is 3. The molecule has 0 bridgehead atoms. The Balaban J connectivity index is 4.40. The number of allylic oxidation sites excluding steroid dienone is 24. The topological polar surface area (TPSA) is 78.9 Å². The first kappa shape index (κ1) is 76.3. The second kappa shape index (κ2) is 67.8. The molecule has 0 saturated carbocycles. The predicted octanol–water partition coefficient (Wildman–Crippen LogP) is 23.1. The van der Waals surface area contributed by atoms with Crippen LogP contribution in [0, 0.1) is 0 Å². The monoisotopic (exact) mass is 1120 g/mol. The van der Waals surface area contributed by atoms with E-state index in [2.05, 4.69) is 167 Å². The minimum atomic E-state index is -0.808. The molecule has 6 heteroatoms. The number of hydrogen-bond acceptors (Lipinski definition) is 6. The maximum absolute atomic E-state index is 12.9. The smallest absolute Gasteiger partial charge is 0.306 e. The van der Waals surface area contributed by atoms with Crippen LogP contribution in [0.25, 0.3) is 0 Å². The van der Waals surface area contributed by atoms with Crippen molar-refractivity contribution in [2.75, 3.05) is 13.2 Å². The zero-order valence-electron chi connectivity index (χ0n) is 52.5. The number of carbonyl (C=O) groups excluding carboxylic acids is 3. The van der Waals surface area contributed by atoms with Gasteiger partial charge in [0.25, 0.3) is 0 Å². The molecule has 0 aromatic carbocycles. The lowest BCUT2D eigenvalue weighted by molar-refractivity contribution is -0.167. The van der Waals surface area contributed by atoms with Gasteiger partial charge in [0.15, 0.2) is 6.10 Å². The molecule has 0 saturated heterocycles. The first-order valence-corrected chi connectivity index (χ1v) is 33.3. The van der Waals surface area contributed by atoms with Gasteiger partial charge in [-0.1, -0.05) is 289 Å². The van der Waals surface area contributed by atoms with Crippen LogP contribution in [0.5, 0.6) is 0 Å². The maximum Gasteiger partial charge on any atom is 0.306 e. The molecule has 0 amide bonds. The Labute approximate surface area is 499 Å². The highest BCUT2D eigenvalue weighted by atomic mass is 16.6. The van der Waals surface area contributed by atoms with Gasteiger partial charge >= 0.3 is 17.9 Å². The summed E-state index contributed by atoms with van der Waals surface area (Å²) in [6.45, 7) is 6.47. The van der Waals surface area contributed by atoms with Crippen molar-refractivity contribution < 1.29 is 28.6 Å². The van der Waals surface area contributed by atoms with E-state index >= 15 is 0 Å². The first-order valence-electron chi connectivity index (χ1n) is 33.3. The molecule has 0 N–H and O–H groups in total. The van der Waals surface area contributed by atoms with Crippen LogP contribution in [-0.2, 0) is 28.6 Å². The number of hydrogen-bond donors (Lipinski definition) is 0. The predicted molar refractivity (Wildman–Crippen MR) is 352 cm³/mol. The van der Waals surface area contributed by atoms with Crippen molar-refractivity contribution in [2.24, 2.45) is 0 Å². The molecule has 0 aliphatic heterocycles. The quantitative estimate of drug-likeness (QED) is 0.0261. The highest BCUT2D eigenvalue weighted by Crippen LogP contribution is 2.15. The molecule has 0 rings (SSSR count). The van der Waals surface area contributed by atoms with E-state index in [1.807, 2.05) is 0 Å². The van der Waals surface area contributed by atoms with Gasteiger partial charge in [0, 0.05) is 19.3 Å². The minimum absolute atomic E-state index is 0.0993. The van der Waals surface area contributed by atoms with Crippen molar-refractivity contribution in [1.82, 2.24) is 0 Å². The molecule has 0 aliphatic rings. The van der Waals surface area contributed by atoms with Crippen molar-refractivity contribution in [3.63, 3.8) is 0 Å². The molecule has 0 heterocycles. The molecule has 81 heavy (non-hydrogen) atoms. The van der Waals surface area contributed by atoms with Crippen LogP contribution in [0.3, 0.4) is 0 Å². The Bertz CT molecular complexity index is 1760. The van der Waals surface area contributed by atoms with Gasteiger partial charge in [0.2, 0.25) is 0 Å². The van der Waals surface area contributed by atoms with E-state index in [-0.39, 0.29) is 31.1 Å². The fourth-order valence-electron chi connectivity index (χ4n) is 8.85. The average molecular weight is 1120 g/mol. The van der Waals surface area contributed by atoms with Gasteiger partial charge in [-0.25, -0.2) is 0 Å². The fraction of sp³-hybridized carbons (Fsp3) is 0.640. The Morgan fingerprint density at radius 1 is 0.259 bits per heavy atom. The van der Waals surface area contributed by atoms with Gasteiger partial charge in [-0.05, 0) is 128 Å². The third kappa shape index (κ3) is 66.0. The summed E-state index contributed by atoms with van der Waals surface area (Å²) in [5.74, 6) is -0.956. The molecular formula is C75H122O6. The van der Waals surface area contributed by atoms with Gasteiger partial charge in [0.05, 0.1) is 0 Å². The van der Waals surface area contributed by atoms with Crippen molar-refractivity contribution in [3.8, 4) is 0 Å². The molecule has 0 aromatic heterocycles. The van der Waals surface area contributed by atoms with E-state index < -0.39 is 6.10 Å². The van der Waals surface area contributed by atoms with Crippen LogP contribution in [-0.4, -0.2) is 37.2 Å². The Hall–Kier alpha value is -4.71. The molecule has 6 nitrogen and oxygen atoms in total. The van der Waals surface area contributed by atoms with Crippen molar-refractivity contribution in [3.05, 3.63) is 146 Å². The molecule has 0 spiro atoms. The fourth-order valence-corrected chi connectivity index (χ4v) is 8.85. The average Bonchev–Trinajstić information content (AvgIpc) is 3.47. The SMILES string of the molecule is CC/C=C\C/C=C\C/C=C\C/C=C\C/C=C\C/C=C\C/C=C\C/C=C\C/C=C\C/C=C\CCCCC(=O)OCC(COC(=O)CCCCCCCCCCCCCCCC)OC(=O)CCCCCCC/C=C\C/C=C\CCCCCC. The molecule has 0 aromatic rings. The van der Waals surface area contributed by atoms with Crippen LogP contribution in [0.2, 0.25) is 0 Å². The Kier molecular flexibility index (Phi) is 63.9. The van der Waals surface area contributed by atoms with Crippen molar-refractivity contribution >= 4 is 17.9 Å². The number of esters is 3. The molecular weight excluding hydrogens is 997 g/mol. The summed E-state index contributed by atoms with van der Waals surface area (Å²) in [6, 6.07) is 0. The Morgan fingerprint density at radius 2 is 0.481 bits per heavy atom. The summed E-state index contributed by atoms with van der Waals surface area (Å²) in [5, 5.41) is 0. The Morgan fingerprint density at radius 3 is 0.790 bits per heavy atom. The summed E-state index contributed by atoms with van der Waals surface area (Å²) >= 11 is 0. The summed E-state index contributed by atoms with van der Waals surface area (Å²) in [5.41, 5.74) is 0. The minimum Gasteiger partial charge on any atom is -0.462 e. The number of rotatable bonds is 59. The van der Waals surface area contributed by atoms with Crippen LogP contribution in [0.4, 0.5) is 0 Å². The number of carbonyl (C=O) groups is 3. The lowest BCUT2D eigenvalue weighted by atomic mass is 10.0. The summed E-state index contributed by atoms with van der Waals surface area (Å²) < 4.78 is 16.9. The molecule has 0 fully saturated rings. The van der Waals surface area contributed by atoms with Gasteiger partial charge < -0.3 is 14.2 Å². The van der Waals surface area contributed by atoms with Crippen molar-refractivity contribution in [2.45, 2.75) is 297 Å². The van der Waals surface area contributed by atoms with Crippen LogP contribution < -0.4 is 0 Å². The maximum atomic E-state index is 12.9. The zero-order chi connectivity index (χ0) is 58.5. The molecule has 1 atom stereocenters.